The lowest BCUT2D eigenvalue weighted by molar-refractivity contribution is 0.102. The van der Waals surface area contributed by atoms with E-state index in [4.69, 9.17) is 0 Å². The number of thioether (sulfide) groups is 1. The van der Waals surface area contributed by atoms with Crippen LogP contribution in [0.2, 0.25) is 0 Å². The Labute approximate surface area is 174 Å². The van der Waals surface area contributed by atoms with Gasteiger partial charge in [0.2, 0.25) is 0 Å². The first-order valence-corrected chi connectivity index (χ1v) is 10.6. The smallest absolute Gasteiger partial charge is 0.256 e. The van der Waals surface area contributed by atoms with Crippen LogP contribution in [-0.2, 0) is 6.54 Å². The average molecular weight is 400 g/mol. The molecule has 0 atom stereocenters. The summed E-state index contributed by atoms with van der Waals surface area (Å²) in [5.41, 5.74) is 4.57. The lowest BCUT2D eigenvalue weighted by atomic mass is 9.98. The second-order valence-electron chi connectivity index (χ2n) is 6.60. The number of carbonyl (C=O) groups excluding carboxylic acids is 1. The van der Waals surface area contributed by atoms with Crippen molar-refractivity contribution in [2.75, 3.05) is 11.6 Å². The predicted molar refractivity (Wildman–Crippen MR) is 119 cm³/mol. The number of rotatable bonds is 6. The van der Waals surface area contributed by atoms with Crippen LogP contribution in [0.25, 0.3) is 11.1 Å². The van der Waals surface area contributed by atoms with Crippen LogP contribution in [0.3, 0.4) is 0 Å². The summed E-state index contributed by atoms with van der Waals surface area (Å²) in [7, 11) is 0. The van der Waals surface area contributed by atoms with Crippen LogP contribution in [0.1, 0.15) is 15.9 Å². The molecular formula is C24H21N3OS. The van der Waals surface area contributed by atoms with Crippen LogP contribution in [0.15, 0.2) is 96.2 Å². The summed E-state index contributed by atoms with van der Waals surface area (Å²) in [4.78, 5) is 14.1. The summed E-state index contributed by atoms with van der Waals surface area (Å²) in [6.45, 7) is 0.723. The van der Waals surface area contributed by atoms with Gasteiger partial charge >= 0.3 is 0 Å². The molecular weight excluding hydrogens is 378 g/mol. The van der Waals surface area contributed by atoms with Crippen LogP contribution < -0.4 is 5.32 Å². The highest BCUT2D eigenvalue weighted by Crippen LogP contribution is 2.28. The quantitative estimate of drug-likeness (QED) is 0.431. The van der Waals surface area contributed by atoms with Crippen molar-refractivity contribution < 1.29 is 4.79 Å². The topological polar surface area (TPSA) is 46.9 Å². The van der Waals surface area contributed by atoms with Crippen molar-refractivity contribution in [3.63, 3.8) is 0 Å². The van der Waals surface area contributed by atoms with Crippen molar-refractivity contribution in [2.45, 2.75) is 11.4 Å². The molecule has 0 unspecified atom stereocenters. The normalized spacial score (nSPS) is 10.7. The zero-order valence-corrected chi connectivity index (χ0v) is 16.9. The van der Waals surface area contributed by atoms with Crippen LogP contribution in [0, 0.1) is 0 Å². The molecule has 0 fully saturated rings. The lowest BCUT2D eigenvalue weighted by Crippen LogP contribution is -2.13. The van der Waals surface area contributed by atoms with E-state index in [1.165, 1.54) is 0 Å². The first-order chi connectivity index (χ1) is 14.2. The molecule has 4 aromatic rings. The van der Waals surface area contributed by atoms with Gasteiger partial charge < -0.3 is 5.32 Å². The molecule has 0 bridgehead atoms. The van der Waals surface area contributed by atoms with E-state index in [1.807, 2.05) is 71.7 Å². The molecule has 5 heteroatoms. The van der Waals surface area contributed by atoms with Gasteiger partial charge in [0.25, 0.3) is 5.91 Å². The first-order valence-electron chi connectivity index (χ1n) is 9.35. The molecule has 0 aliphatic carbocycles. The van der Waals surface area contributed by atoms with Crippen molar-refractivity contribution in [1.29, 1.82) is 0 Å². The van der Waals surface area contributed by atoms with Crippen molar-refractivity contribution in [1.82, 2.24) is 9.78 Å². The van der Waals surface area contributed by atoms with E-state index < -0.39 is 0 Å². The van der Waals surface area contributed by atoms with Gasteiger partial charge in [0.15, 0.2) is 0 Å². The zero-order valence-electron chi connectivity index (χ0n) is 16.1. The molecule has 0 saturated heterocycles. The molecule has 4 rings (SSSR count). The summed E-state index contributed by atoms with van der Waals surface area (Å²) in [6, 6.07) is 25.7. The van der Waals surface area contributed by atoms with Crippen molar-refractivity contribution >= 4 is 23.4 Å². The van der Waals surface area contributed by atoms with E-state index in [0.29, 0.717) is 5.56 Å². The zero-order chi connectivity index (χ0) is 20.1. The molecule has 0 radical (unpaired) electrons. The van der Waals surface area contributed by atoms with Crippen molar-refractivity contribution in [2.24, 2.45) is 0 Å². The second-order valence-corrected chi connectivity index (χ2v) is 7.45. The summed E-state index contributed by atoms with van der Waals surface area (Å²) < 4.78 is 1.89. The Morgan fingerprint density at radius 2 is 1.72 bits per heavy atom. The number of aromatic nitrogens is 2. The molecule has 1 amide bonds. The number of nitrogens with zero attached hydrogens (tertiary/aromatic N) is 2. The Balaban J connectivity index is 1.58. The fraction of sp³-hybridized carbons (Fsp3) is 0.0833. The van der Waals surface area contributed by atoms with Gasteiger partial charge in [0.05, 0.1) is 12.2 Å². The van der Waals surface area contributed by atoms with Gasteiger partial charge in [0.1, 0.15) is 0 Å². The molecule has 3 aromatic carbocycles. The predicted octanol–water partition coefficient (Wildman–Crippen LogP) is 5.57. The number of anilines is 1. The fourth-order valence-corrected chi connectivity index (χ4v) is 3.79. The van der Waals surface area contributed by atoms with Gasteiger partial charge in [0, 0.05) is 22.9 Å². The number of para-hydroxylation sites is 1. The molecule has 1 aromatic heterocycles. The summed E-state index contributed by atoms with van der Waals surface area (Å²) in [5.74, 6) is -0.109. The Bertz CT molecular complexity index is 1110. The maximum atomic E-state index is 13.0. The number of hydrogen-bond acceptors (Lipinski definition) is 3. The third kappa shape index (κ3) is 4.41. The average Bonchev–Trinajstić information content (AvgIpc) is 3.28. The van der Waals surface area contributed by atoms with Gasteiger partial charge in [-0.3, -0.25) is 9.48 Å². The molecule has 144 valence electrons. The van der Waals surface area contributed by atoms with Crippen LogP contribution >= 0.6 is 11.8 Å². The Hall–Kier alpha value is -3.31. The first kappa shape index (κ1) is 19.0. The third-order valence-corrected chi connectivity index (χ3v) is 5.49. The minimum atomic E-state index is -0.109. The van der Waals surface area contributed by atoms with Gasteiger partial charge in [-0.1, -0.05) is 54.6 Å². The molecule has 1 N–H and O–H groups in total. The van der Waals surface area contributed by atoms with E-state index >= 15 is 0 Å². The van der Waals surface area contributed by atoms with Crippen molar-refractivity contribution in [3.05, 3.63) is 102 Å². The molecule has 4 nitrogen and oxygen atoms in total. The Morgan fingerprint density at radius 3 is 2.48 bits per heavy atom. The highest BCUT2D eigenvalue weighted by Gasteiger charge is 2.14. The van der Waals surface area contributed by atoms with E-state index in [1.54, 1.807) is 18.0 Å². The lowest BCUT2D eigenvalue weighted by Gasteiger charge is -2.13. The maximum Gasteiger partial charge on any atom is 0.256 e. The van der Waals surface area contributed by atoms with Gasteiger partial charge in [-0.2, -0.15) is 5.10 Å². The van der Waals surface area contributed by atoms with Crippen molar-refractivity contribution in [3.8, 4) is 11.1 Å². The number of amides is 1. The van der Waals surface area contributed by atoms with Crippen LogP contribution in [0.4, 0.5) is 5.69 Å². The summed E-state index contributed by atoms with van der Waals surface area (Å²) in [6.07, 6.45) is 5.72. The maximum absolute atomic E-state index is 13.0. The Kier molecular flexibility index (Phi) is 5.77. The third-order valence-electron chi connectivity index (χ3n) is 4.70. The van der Waals surface area contributed by atoms with Crippen LogP contribution in [-0.4, -0.2) is 21.9 Å². The Morgan fingerprint density at radius 1 is 0.966 bits per heavy atom. The monoisotopic (exact) mass is 399 g/mol. The molecule has 0 aliphatic rings. The SMILES string of the molecule is CSc1ccccc1NC(=O)c1ccccc1-c1ccc(Cn2cccn2)cc1. The van der Waals surface area contributed by atoms with Gasteiger partial charge in [-0.05, 0) is 47.2 Å². The van der Waals surface area contributed by atoms with E-state index in [-0.39, 0.29) is 5.91 Å². The second kappa shape index (κ2) is 8.80. The number of carbonyl (C=O) groups is 1. The van der Waals surface area contributed by atoms with E-state index in [0.717, 1.165) is 33.8 Å². The highest BCUT2D eigenvalue weighted by atomic mass is 32.2. The minimum Gasteiger partial charge on any atom is -0.321 e. The molecule has 0 spiro atoms. The van der Waals surface area contributed by atoms with Gasteiger partial charge in [-0.15, -0.1) is 11.8 Å². The van der Waals surface area contributed by atoms with Gasteiger partial charge in [-0.25, -0.2) is 0 Å². The largest absolute Gasteiger partial charge is 0.321 e. The molecule has 29 heavy (non-hydrogen) atoms. The molecule has 0 aliphatic heterocycles. The standard InChI is InChI=1S/C24H21N3OS/c1-29-23-10-5-4-9-22(23)26-24(28)21-8-3-2-7-20(21)19-13-11-18(12-14-19)17-27-16-6-15-25-27/h2-16H,17H2,1H3,(H,26,28). The van der Waals surface area contributed by atoms with E-state index in [9.17, 15) is 4.79 Å². The highest BCUT2D eigenvalue weighted by molar-refractivity contribution is 7.98. The summed E-state index contributed by atoms with van der Waals surface area (Å²) in [5, 5.41) is 7.30. The number of nitrogens with one attached hydrogen (secondary N) is 1. The van der Waals surface area contributed by atoms with Crippen LogP contribution in [0.5, 0.6) is 0 Å². The molecule has 1 heterocycles. The number of hydrogen-bond donors (Lipinski definition) is 1. The minimum absolute atomic E-state index is 0.109. The number of benzene rings is 3. The summed E-state index contributed by atoms with van der Waals surface area (Å²) >= 11 is 1.61. The fourth-order valence-electron chi connectivity index (χ4n) is 3.24. The van der Waals surface area contributed by atoms with E-state index in [2.05, 4.69) is 34.7 Å². The molecule has 0 saturated carbocycles.